The van der Waals surface area contributed by atoms with E-state index in [1.54, 1.807) is 50.7 Å². The van der Waals surface area contributed by atoms with E-state index in [0.29, 0.717) is 143 Å². The van der Waals surface area contributed by atoms with Gasteiger partial charge in [-0.1, -0.05) is 23.3 Å². The summed E-state index contributed by atoms with van der Waals surface area (Å²) in [4.78, 5) is 53.8. The predicted molar refractivity (Wildman–Crippen MR) is 268 cm³/mol. The highest BCUT2D eigenvalue weighted by Gasteiger charge is 2.36. The molecule has 17 nitrogen and oxygen atoms in total. The minimum atomic E-state index is -0.105. The van der Waals surface area contributed by atoms with Crippen molar-refractivity contribution in [2.45, 2.75) is 70.9 Å². The van der Waals surface area contributed by atoms with Crippen LogP contribution in [0.3, 0.4) is 0 Å². The van der Waals surface area contributed by atoms with Crippen LogP contribution < -0.4 is 9.47 Å². The molecule has 1 N–H and O–H groups in total. The normalized spacial score (nSPS) is 20.0. The van der Waals surface area contributed by atoms with Crippen LogP contribution in [0.15, 0.2) is 104 Å². The van der Waals surface area contributed by atoms with Gasteiger partial charge in [-0.15, -0.1) is 0 Å². The minimum absolute atomic E-state index is 0.0731. The summed E-state index contributed by atoms with van der Waals surface area (Å²) in [6.07, 6.45) is 21.6. The molecule has 2 saturated heterocycles. The van der Waals surface area contributed by atoms with E-state index < -0.39 is 0 Å². The number of carbonyl (C=O) groups is 3. The number of fused-ring (bicyclic) bond motifs is 3. The van der Waals surface area contributed by atoms with E-state index in [0.717, 1.165) is 25.5 Å². The molecular formula is C53H70N6O11. The van der Waals surface area contributed by atoms with Crippen molar-refractivity contribution in [1.29, 1.82) is 5.41 Å². The van der Waals surface area contributed by atoms with Gasteiger partial charge in [-0.25, -0.2) is 0 Å². The van der Waals surface area contributed by atoms with E-state index in [-0.39, 0.29) is 49.2 Å². The zero-order valence-corrected chi connectivity index (χ0v) is 41.5. The number of aldehydes is 1. The van der Waals surface area contributed by atoms with E-state index in [9.17, 15) is 14.4 Å². The third kappa shape index (κ3) is 14.9. The number of nitrogens with zero attached hydrogens (tertiary/aromatic N) is 5. The SMILES string of the molecule is C/C=C1\CC2C=Nc3cc(OC/C=C/C(=C\C(=N)CCOC4=CCC5=C(C=C4OC)C(=O)N4C/C(=C/C)C[C@H]4C=N5)OCCN(CCCC=O)CCOCCOCCCOC)c(OC)cc3C(=O)N2C1. The van der Waals surface area contributed by atoms with Gasteiger partial charge in [-0.3, -0.25) is 24.5 Å². The Bertz CT molecular complexity index is 2290. The van der Waals surface area contributed by atoms with Crippen LogP contribution in [0.1, 0.15) is 69.2 Å². The van der Waals surface area contributed by atoms with Crippen molar-refractivity contribution in [2.24, 2.45) is 9.98 Å². The number of carbonyl (C=O) groups excluding carboxylic acids is 3. The maximum Gasteiger partial charge on any atom is 0.257 e. The fourth-order valence-electron chi connectivity index (χ4n) is 8.52. The van der Waals surface area contributed by atoms with Crippen molar-refractivity contribution in [2.75, 3.05) is 107 Å². The molecule has 1 aliphatic carbocycles. The molecule has 1 aromatic carbocycles. The number of rotatable bonds is 29. The molecule has 0 spiro atoms. The molecule has 0 saturated carbocycles. The molecule has 0 aromatic heterocycles. The minimum Gasteiger partial charge on any atom is -0.493 e. The maximum atomic E-state index is 13.7. The zero-order chi connectivity index (χ0) is 49.7. The first-order chi connectivity index (χ1) is 34.2. The number of ether oxygens (including phenoxy) is 8. The van der Waals surface area contributed by atoms with E-state index in [1.807, 2.05) is 42.2 Å². The Balaban J connectivity index is 1.10. The monoisotopic (exact) mass is 967 g/mol. The first kappa shape index (κ1) is 53.2. The van der Waals surface area contributed by atoms with E-state index >= 15 is 0 Å². The summed E-state index contributed by atoms with van der Waals surface area (Å²) in [5.74, 6) is 1.96. The summed E-state index contributed by atoms with van der Waals surface area (Å²) in [6, 6.07) is 3.23. The van der Waals surface area contributed by atoms with Crippen LogP contribution in [0.5, 0.6) is 11.5 Å². The first-order valence-electron chi connectivity index (χ1n) is 24.2. The molecule has 6 rings (SSSR count). The van der Waals surface area contributed by atoms with Crippen molar-refractivity contribution in [3.8, 4) is 11.5 Å². The quantitative estimate of drug-likeness (QED) is 0.0220. The molecular weight excluding hydrogens is 897 g/mol. The number of hydrogen-bond acceptors (Lipinski definition) is 15. The summed E-state index contributed by atoms with van der Waals surface area (Å²) >= 11 is 0. The Morgan fingerprint density at radius 1 is 0.800 bits per heavy atom. The van der Waals surface area contributed by atoms with Gasteiger partial charge < -0.3 is 57.9 Å². The molecule has 1 aromatic rings. The highest BCUT2D eigenvalue weighted by atomic mass is 16.5. The van der Waals surface area contributed by atoms with Crippen LogP contribution in [-0.4, -0.2) is 170 Å². The smallest absolute Gasteiger partial charge is 0.257 e. The van der Waals surface area contributed by atoms with Gasteiger partial charge in [0.25, 0.3) is 11.8 Å². The van der Waals surface area contributed by atoms with Gasteiger partial charge >= 0.3 is 0 Å². The van der Waals surface area contributed by atoms with E-state index in [2.05, 4.69) is 22.0 Å². The second kappa shape index (κ2) is 27.9. The van der Waals surface area contributed by atoms with Crippen LogP contribution in [0.2, 0.25) is 0 Å². The summed E-state index contributed by atoms with van der Waals surface area (Å²) in [5.41, 5.74) is 4.77. The van der Waals surface area contributed by atoms with Crippen molar-refractivity contribution in [3.63, 3.8) is 0 Å². The average Bonchev–Trinajstić information content (AvgIpc) is 3.88. The van der Waals surface area contributed by atoms with Crippen LogP contribution in [0.4, 0.5) is 5.69 Å². The molecule has 2 amide bonds. The van der Waals surface area contributed by atoms with Gasteiger partial charge in [0.2, 0.25) is 0 Å². The second-order valence-corrected chi connectivity index (χ2v) is 17.2. The number of nitrogens with one attached hydrogen (secondary N) is 1. The van der Waals surface area contributed by atoms with Gasteiger partial charge in [0.05, 0.1) is 75.3 Å². The zero-order valence-electron chi connectivity index (χ0n) is 41.5. The number of benzene rings is 1. The Kier molecular flexibility index (Phi) is 21.2. The third-order valence-corrected chi connectivity index (χ3v) is 12.5. The van der Waals surface area contributed by atoms with E-state index in [4.69, 9.17) is 48.3 Å². The summed E-state index contributed by atoms with van der Waals surface area (Å²) in [6.45, 7) is 10.3. The molecule has 17 heteroatoms. The first-order valence-corrected chi connectivity index (χ1v) is 24.2. The van der Waals surface area contributed by atoms with Gasteiger partial charge in [0, 0.05) is 96.0 Å². The molecule has 2 fully saturated rings. The number of amides is 2. The fraction of sp³-hybridized carbons (Fsp3) is 0.509. The highest BCUT2D eigenvalue weighted by Crippen LogP contribution is 2.39. The topological polar surface area (TPSA) is 183 Å². The lowest BCUT2D eigenvalue weighted by molar-refractivity contribution is -0.126. The molecule has 4 aliphatic heterocycles. The number of hydrogen-bond donors (Lipinski definition) is 1. The highest BCUT2D eigenvalue weighted by molar-refractivity contribution is 6.04. The lowest BCUT2D eigenvalue weighted by Gasteiger charge is -2.22. The molecule has 1 unspecified atom stereocenters. The molecule has 378 valence electrons. The predicted octanol–water partition coefficient (Wildman–Crippen LogP) is 6.89. The van der Waals surface area contributed by atoms with Crippen LogP contribution >= 0.6 is 0 Å². The largest absolute Gasteiger partial charge is 0.493 e. The lowest BCUT2D eigenvalue weighted by Crippen LogP contribution is -2.36. The number of methoxy groups -OCH3 is 3. The summed E-state index contributed by atoms with van der Waals surface area (Å²) in [7, 11) is 4.74. The van der Waals surface area contributed by atoms with Crippen molar-refractivity contribution in [3.05, 3.63) is 99.9 Å². The van der Waals surface area contributed by atoms with Crippen molar-refractivity contribution < 1.29 is 52.3 Å². The summed E-state index contributed by atoms with van der Waals surface area (Å²) < 4.78 is 46.6. The Morgan fingerprint density at radius 3 is 2.24 bits per heavy atom. The van der Waals surface area contributed by atoms with E-state index in [1.165, 1.54) is 18.3 Å². The van der Waals surface area contributed by atoms with Crippen LogP contribution in [0, 0.1) is 5.41 Å². The number of aliphatic imine (C=N–C) groups is 2. The maximum absolute atomic E-state index is 13.7. The Morgan fingerprint density at radius 2 is 1.53 bits per heavy atom. The van der Waals surface area contributed by atoms with Crippen molar-refractivity contribution in [1.82, 2.24) is 14.7 Å². The molecule has 2 atom stereocenters. The molecule has 0 bridgehead atoms. The van der Waals surface area contributed by atoms with Gasteiger partial charge in [-0.2, -0.15) is 0 Å². The van der Waals surface area contributed by atoms with Crippen LogP contribution in [0.25, 0.3) is 0 Å². The molecule has 5 aliphatic rings. The van der Waals surface area contributed by atoms with Crippen LogP contribution in [-0.2, 0) is 38.0 Å². The third-order valence-electron chi connectivity index (χ3n) is 12.5. The standard InChI is InChI=1S/C53H70N6O11/c1-6-38-28-41-34-55-46-13-14-48(49(64-4)31-44(46)52(61)58(41)36-38)70-23-15-40(54)30-43(68-25-18-57(16-8-9-19-60)17-24-67-27-26-66-21-11-20-63-3)12-10-22-69-51-33-47-45(32-50(51)65-5)53(62)59-37-39(7-2)29-42(59)35-56-47/h6-7,10,12,14,19,30-35,41-42,54H,8-9,11,13,15-18,20-29,36-37H2,1-5H3/b12-10+,38-6+,39-7+,43-30+,54-40?/t41-,42?/m0/s1. The molecule has 70 heavy (non-hydrogen) atoms. The summed E-state index contributed by atoms with van der Waals surface area (Å²) in [5, 5.41) is 8.95. The Labute approximate surface area is 412 Å². The molecule has 0 radical (unpaired) electrons. The average molecular weight is 967 g/mol. The number of unbranched alkanes of at least 4 members (excludes halogenated alkanes) is 1. The lowest BCUT2D eigenvalue weighted by atomic mass is 10.1. The van der Waals surface area contributed by atoms with Gasteiger partial charge in [0.15, 0.2) is 23.0 Å². The van der Waals surface area contributed by atoms with Gasteiger partial charge in [0.1, 0.15) is 25.3 Å². The fourth-order valence-corrected chi connectivity index (χ4v) is 8.52. The Hall–Kier alpha value is -6.14. The molecule has 4 heterocycles. The van der Waals surface area contributed by atoms with Gasteiger partial charge in [-0.05, 0) is 76.4 Å². The van der Waals surface area contributed by atoms with Crippen molar-refractivity contribution >= 4 is 41.9 Å². The number of allylic oxidation sites excluding steroid dienone is 5. The second-order valence-electron chi connectivity index (χ2n) is 17.2.